The molecule has 0 amide bonds. The Bertz CT molecular complexity index is 518. The molecule has 0 saturated carbocycles. The maximum absolute atomic E-state index is 12.6. The van der Waals surface area contributed by atoms with E-state index in [0.717, 1.165) is 44.8 Å². The predicted octanol–water partition coefficient (Wildman–Crippen LogP) is 2.87. The highest BCUT2D eigenvalue weighted by Gasteiger charge is 2.32. The van der Waals surface area contributed by atoms with E-state index in [1.807, 2.05) is 0 Å². The van der Waals surface area contributed by atoms with Gasteiger partial charge < -0.3 is 10.1 Å². The lowest BCUT2D eigenvalue weighted by Crippen LogP contribution is -2.48. The quantitative estimate of drug-likeness (QED) is 0.923. The molecule has 128 valence electrons. The Balaban J connectivity index is 1.57. The van der Waals surface area contributed by atoms with Gasteiger partial charge in [0.05, 0.1) is 18.8 Å². The maximum Gasteiger partial charge on any atom is 0.416 e. The number of morpholine rings is 1. The molecule has 0 spiro atoms. The SMILES string of the molecule is C[C@H]1COCCN1C[C@@H]1CC(c2ccc(C(F)(F)F)cc2)CN1. The number of nitrogens with zero attached hydrogens (tertiary/aromatic N) is 1. The van der Waals surface area contributed by atoms with Crippen molar-refractivity contribution in [3.05, 3.63) is 35.4 Å². The van der Waals surface area contributed by atoms with Crippen molar-refractivity contribution in [3.63, 3.8) is 0 Å². The summed E-state index contributed by atoms with van der Waals surface area (Å²) in [5.41, 5.74) is 0.411. The Labute approximate surface area is 134 Å². The van der Waals surface area contributed by atoms with Crippen molar-refractivity contribution in [3.8, 4) is 0 Å². The summed E-state index contributed by atoms with van der Waals surface area (Å²) < 4.78 is 43.3. The fourth-order valence-electron chi connectivity index (χ4n) is 3.47. The zero-order valence-electron chi connectivity index (χ0n) is 13.3. The number of nitrogens with one attached hydrogen (secondary N) is 1. The molecule has 3 nitrogen and oxygen atoms in total. The average molecular weight is 328 g/mol. The molecule has 2 saturated heterocycles. The molecule has 1 aromatic rings. The largest absolute Gasteiger partial charge is 0.416 e. The predicted molar refractivity (Wildman–Crippen MR) is 82.4 cm³/mol. The molecule has 0 radical (unpaired) electrons. The van der Waals surface area contributed by atoms with E-state index >= 15 is 0 Å². The number of hydrogen-bond acceptors (Lipinski definition) is 3. The van der Waals surface area contributed by atoms with E-state index in [1.165, 1.54) is 12.1 Å². The van der Waals surface area contributed by atoms with E-state index in [0.29, 0.717) is 18.0 Å². The Kier molecular flexibility index (Phi) is 4.94. The van der Waals surface area contributed by atoms with Crippen LogP contribution in [0.2, 0.25) is 0 Å². The first-order chi connectivity index (χ1) is 10.9. The van der Waals surface area contributed by atoms with Crippen LogP contribution in [0.25, 0.3) is 0 Å². The number of benzene rings is 1. The molecule has 1 aromatic carbocycles. The highest BCUT2D eigenvalue weighted by atomic mass is 19.4. The molecule has 3 atom stereocenters. The summed E-state index contributed by atoms with van der Waals surface area (Å²) in [6.45, 7) is 6.47. The van der Waals surface area contributed by atoms with E-state index in [1.54, 1.807) is 12.1 Å². The second-order valence-electron chi connectivity index (χ2n) is 6.58. The molecular formula is C17H23F3N2O. The molecule has 2 heterocycles. The van der Waals surface area contributed by atoms with Gasteiger partial charge in [-0.25, -0.2) is 0 Å². The molecule has 0 aromatic heterocycles. The Morgan fingerprint density at radius 2 is 2.00 bits per heavy atom. The molecule has 0 aliphatic carbocycles. The van der Waals surface area contributed by atoms with E-state index in [-0.39, 0.29) is 0 Å². The molecule has 6 heteroatoms. The van der Waals surface area contributed by atoms with E-state index in [4.69, 9.17) is 4.74 Å². The molecule has 3 rings (SSSR count). The minimum absolute atomic E-state index is 0.290. The van der Waals surface area contributed by atoms with Crippen LogP contribution in [0.5, 0.6) is 0 Å². The Morgan fingerprint density at radius 1 is 1.26 bits per heavy atom. The van der Waals surface area contributed by atoms with Gasteiger partial charge >= 0.3 is 6.18 Å². The van der Waals surface area contributed by atoms with Gasteiger partial charge in [0.25, 0.3) is 0 Å². The van der Waals surface area contributed by atoms with Crippen molar-refractivity contribution < 1.29 is 17.9 Å². The fraction of sp³-hybridized carbons (Fsp3) is 0.647. The van der Waals surface area contributed by atoms with Crippen LogP contribution in [-0.4, -0.2) is 49.8 Å². The molecule has 2 aliphatic rings. The first-order valence-corrected chi connectivity index (χ1v) is 8.16. The molecule has 23 heavy (non-hydrogen) atoms. The third-order valence-electron chi connectivity index (χ3n) is 4.89. The summed E-state index contributed by atoms with van der Waals surface area (Å²) >= 11 is 0. The lowest BCUT2D eigenvalue weighted by molar-refractivity contribution is -0.137. The monoisotopic (exact) mass is 328 g/mol. The molecule has 0 bridgehead atoms. The van der Waals surface area contributed by atoms with Gasteiger partial charge in [0.1, 0.15) is 0 Å². The highest BCUT2D eigenvalue weighted by molar-refractivity contribution is 5.28. The first kappa shape index (κ1) is 16.7. The van der Waals surface area contributed by atoms with E-state index < -0.39 is 11.7 Å². The van der Waals surface area contributed by atoms with Gasteiger partial charge in [-0.15, -0.1) is 0 Å². The lowest BCUT2D eigenvalue weighted by atomic mass is 9.95. The van der Waals surface area contributed by atoms with Gasteiger partial charge in [-0.2, -0.15) is 13.2 Å². The van der Waals surface area contributed by atoms with Crippen molar-refractivity contribution in [2.24, 2.45) is 0 Å². The molecule has 2 aliphatic heterocycles. The van der Waals surface area contributed by atoms with Crippen molar-refractivity contribution in [2.75, 3.05) is 32.8 Å². The second kappa shape index (κ2) is 6.79. The van der Waals surface area contributed by atoms with Crippen LogP contribution in [0.3, 0.4) is 0 Å². The summed E-state index contributed by atoms with van der Waals surface area (Å²) in [6.07, 6.45) is -3.29. The summed E-state index contributed by atoms with van der Waals surface area (Å²) in [5, 5.41) is 3.51. The van der Waals surface area contributed by atoms with E-state index in [9.17, 15) is 13.2 Å². The number of rotatable bonds is 3. The van der Waals surface area contributed by atoms with Crippen molar-refractivity contribution in [1.29, 1.82) is 0 Å². The van der Waals surface area contributed by atoms with Crippen molar-refractivity contribution in [1.82, 2.24) is 10.2 Å². The summed E-state index contributed by atoms with van der Waals surface area (Å²) in [6, 6.07) is 6.43. The first-order valence-electron chi connectivity index (χ1n) is 8.16. The third kappa shape index (κ3) is 4.05. The number of hydrogen-bond donors (Lipinski definition) is 1. The van der Waals surface area contributed by atoms with Gasteiger partial charge in [0.15, 0.2) is 0 Å². The van der Waals surface area contributed by atoms with Crippen LogP contribution < -0.4 is 5.32 Å². The van der Waals surface area contributed by atoms with Crippen molar-refractivity contribution >= 4 is 0 Å². The molecule has 1 N–H and O–H groups in total. The topological polar surface area (TPSA) is 24.5 Å². The van der Waals surface area contributed by atoms with Gasteiger partial charge in [-0.1, -0.05) is 12.1 Å². The van der Waals surface area contributed by atoms with Gasteiger partial charge in [-0.3, -0.25) is 4.90 Å². The number of alkyl halides is 3. The minimum Gasteiger partial charge on any atom is -0.379 e. The van der Waals surface area contributed by atoms with E-state index in [2.05, 4.69) is 17.1 Å². The van der Waals surface area contributed by atoms with Crippen LogP contribution in [0.1, 0.15) is 30.4 Å². The Morgan fingerprint density at radius 3 is 2.65 bits per heavy atom. The highest BCUT2D eigenvalue weighted by Crippen LogP contribution is 2.32. The summed E-state index contributed by atoms with van der Waals surface area (Å²) in [5.74, 6) is 0.290. The van der Waals surface area contributed by atoms with Gasteiger partial charge in [-0.05, 0) is 37.0 Å². The van der Waals surface area contributed by atoms with Crippen LogP contribution in [0.15, 0.2) is 24.3 Å². The zero-order chi connectivity index (χ0) is 16.4. The lowest BCUT2D eigenvalue weighted by Gasteiger charge is -2.35. The Hall–Kier alpha value is -1.11. The van der Waals surface area contributed by atoms with Gasteiger partial charge in [0, 0.05) is 31.7 Å². The van der Waals surface area contributed by atoms with Crippen molar-refractivity contribution in [2.45, 2.75) is 37.5 Å². The summed E-state index contributed by atoms with van der Waals surface area (Å²) in [4.78, 5) is 2.43. The normalized spacial score (nSPS) is 29.8. The molecule has 2 fully saturated rings. The zero-order valence-corrected chi connectivity index (χ0v) is 13.3. The van der Waals surface area contributed by atoms with Crippen LogP contribution >= 0.6 is 0 Å². The fourth-order valence-corrected chi connectivity index (χ4v) is 3.47. The smallest absolute Gasteiger partial charge is 0.379 e. The maximum atomic E-state index is 12.6. The van der Waals surface area contributed by atoms with Crippen LogP contribution in [-0.2, 0) is 10.9 Å². The second-order valence-corrected chi connectivity index (χ2v) is 6.58. The average Bonchev–Trinajstić information content (AvgIpc) is 2.97. The third-order valence-corrected chi connectivity index (χ3v) is 4.89. The number of halogens is 3. The molecule has 1 unspecified atom stereocenters. The minimum atomic E-state index is -4.26. The van der Waals surface area contributed by atoms with Crippen LogP contribution in [0, 0.1) is 0 Å². The standard InChI is InChI=1S/C17H23F3N2O/c1-12-11-23-7-6-22(12)10-16-8-14(9-21-16)13-2-4-15(5-3-13)17(18,19)20/h2-5,12,14,16,21H,6-11H2,1H3/t12-,14?,16-/m0/s1. The molecular weight excluding hydrogens is 305 g/mol. The van der Waals surface area contributed by atoms with Crippen LogP contribution in [0.4, 0.5) is 13.2 Å². The summed E-state index contributed by atoms with van der Waals surface area (Å²) in [7, 11) is 0. The number of ether oxygens (including phenoxy) is 1. The van der Waals surface area contributed by atoms with Gasteiger partial charge in [0.2, 0.25) is 0 Å².